The van der Waals surface area contributed by atoms with E-state index >= 15 is 0 Å². The highest BCUT2D eigenvalue weighted by Crippen LogP contribution is 2.26. The lowest BCUT2D eigenvalue weighted by atomic mass is 10.2. The smallest absolute Gasteiger partial charge is 0.338 e. The molecule has 2 rings (SSSR count). The van der Waals surface area contributed by atoms with Gasteiger partial charge in [-0.05, 0) is 12.1 Å². The van der Waals surface area contributed by atoms with E-state index in [1.54, 1.807) is 13.8 Å². The Labute approximate surface area is 161 Å². The van der Waals surface area contributed by atoms with Gasteiger partial charge in [0.05, 0.1) is 0 Å². The highest BCUT2D eigenvalue weighted by Gasteiger charge is 2.35. The van der Waals surface area contributed by atoms with Crippen molar-refractivity contribution in [1.82, 2.24) is 18.1 Å². The molecule has 1 fully saturated rings. The molecule has 1 aliphatic heterocycles. The molecule has 0 saturated carbocycles. The molecule has 12 heteroatoms. The fourth-order valence-electron chi connectivity index (χ4n) is 3.00. The maximum absolute atomic E-state index is 12.8. The van der Waals surface area contributed by atoms with Crippen LogP contribution in [0.4, 0.5) is 13.2 Å². The van der Waals surface area contributed by atoms with Gasteiger partial charge in [0.1, 0.15) is 12.1 Å². The summed E-state index contributed by atoms with van der Waals surface area (Å²) in [5.74, 6) is -0.540. The van der Waals surface area contributed by atoms with Gasteiger partial charge >= 0.3 is 6.18 Å². The lowest BCUT2D eigenvalue weighted by Crippen LogP contribution is -2.54. The third kappa shape index (κ3) is 4.73. The third-order valence-corrected chi connectivity index (χ3v) is 6.77. The molecule has 1 aromatic rings. The zero-order valence-electron chi connectivity index (χ0n) is 15.6. The Morgan fingerprint density at radius 3 is 2.21 bits per heavy atom. The van der Waals surface area contributed by atoms with Crippen molar-refractivity contribution < 1.29 is 26.4 Å². The first-order chi connectivity index (χ1) is 13.0. The number of amides is 1. The standard InChI is InChI=1S/C16H23F3N4O4S/c1-3-22(4-2)28(26,27)23-10-8-20(9-11-23)14(24)12-21-7-5-6-13(15(21)25)16(17,18)19/h5-7H,3-4,8-12H2,1-2H3. The minimum absolute atomic E-state index is 0.0854. The second kappa shape index (κ2) is 8.62. The summed E-state index contributed by atoms with van der Waals surface area (Å²) < 4.78 is 66.8. The number of carbonyl (C=O) groups is 1. The number of hydrogen-bond acceptors (Lipinski definition) is 4. The van der Waals surface area contributed by atoms with E-state index in [0.29, 0.717) is 23.7 Å². The highest BCUT2D eigenvalue weighted by molar-refractivity contribution is 7.86. The molecule has 1 aliphatic rings. The first-order valence-corrected chi connectivity index (χ1v) is 10.2. The monoisotopic (exact) mass is 424 g/mol. The van der Waals surface area contributed by atoms with Crippen molar-refractivity contribution in [3.8, 4) is 0 Å². The van der Waals surface area contributed by atoms with Crippen molar-refractivity contribution in [2.75, 3.05) is 39.3 Å². The topological polar surface area (TPSA) is 82.9 Å². The second-order valence-electron chi connectivity index (χ2n) is 6.22. The average Bonchev–Trinajstić information content (AvgIpc) is 2.63. The minimum Gasteiger partial charge on any atom is -0.338 e. The summed E-state index contributed by atoms with van der Waals surface area (Å²) in [5, 5.41) is 0. The predicted molar refractivity (Wildman–Crippen MR) is 95.7 cm³/mol. The van der Waals surface area contributed by atoms with Crippen molar-refractivity contribution in [3.63, 3.8) is 0 Å². The molecule has 0 aliphatic carbocycles. The fourth-order valence-corrected chi connectivity index (χ4v) is 4.61. The van der Waals surface area contributed by atoms with E-state index in [1.165, 1.54) is 13.5 Å². The number of alkyl halides is 3. The summed E-state index contributed by atoms with van der Waals surface area (Å²) in [6, 6.07) is 1.73. The minimum atomic E-state index is -4.80. The van der Waals surface area contributed by atoms with Crippen LogP contribution in [0.3, 0.4) is 0 Å². The molecule has 0 aromatic carbocycles. The van der Waals surface area contributed by atoms with Gasteiger partial charge in [-0.1, -0.05) is 13.8 Å². The summed E-state index contributed by atoms with van der Waals surface area (Å²) in [6.45, 7) is 3.96. The van der Waals surface area contributed by atoms with Crippen LogP contribution in [0.2, 0.25) is 0 Å². The first kappa shape index (κ1) is 22.4. The van der Waals surface area contributed by atoms with E-state index < -0.39 is 40.0 Å². The number of nitrogens with zero attached hydrogens (tertiary/aromatic N) is 4. The average molecular weight is 424 g/mol. The van der Waals surface area contributed by atoms with E-state index in [4.69, 9.17) is 0 Å². The zero-order valence-corrected chi connectivity index (χ0v) is 16.5. The molecule has 0 spiro atoms. The Morgan fingerprint density at radius 2 is 1.71 bits per heavy atom. The zero-order chi connectivity index (χ0) is 21.1. The van der Waals surface area contributed by atoms with Gasteiger partial charge in [-0.3, -0.25) is 9.59 Å². The SMILES string of the molecule is CCN(CC)S(=O)(=O)N1CCN(C(=O)Cn2cccc(C(F)(F)F)c2=O)CC1. The van der Waals surface area contributed by atoms with Crippen LogP contribution in [0.25, 0.3) is 0 Å². The number of rotatable bonds is 6. The molecule has 28 heavy (non-hydrogen) atoms. The molecule has 0 radical (unpaired) electrons. The number of hydrogen-bond donors (Lipinski definition) is 0. The molecule has 0 N–H and O–H groups in total. The number of piperazine rings is 1. The molecular weight excluding hydrogens is 401 g/mol. The quantitative estimate of drug-likeness (QED) is 0.670. The summed E-state index contributed by atoms with van der Waals surface area (Å²) in [5.41, 5.74) is -2.62. The van der Waals surface area contributed by atoms with Gasteiger partial charge in [-0.2, -0.15) is 30.2 Å². The number of carbonyl (C=O) groups excluding carboxylic acids is 1. The molecule has 2 heterocycles. The summed E-state index contributed by atoms with van der Waals surface area (Å²) >= 11 is 0. The van der Waals surface area contributed by atoms with Gasteiger partial charge in [-0.25, -0.2) is 0 Å². The van der Waals surface area contributed by atoms with Gasteiger partial charge in [0, 0.05) is 45.5 Å². The fraction of sp³-hybridized carbons (Fsp3) is 0.625. The second-order valence-corrected chi connectivity index (χ2v) is 8.15. The maximum Gasteiger partial charge on any atom is 0.421 e. The van der Waals surface area contributed by atoms with Crippen LogP contribution in [0.1, 0.15) is 19.4 Å². The molecule has 0 unspecified atom stereocenters. The molecule has 158 valence electrons. The van der Waals surface area contributed by atoms with Crippen LogP contribution in [0.5, 0.6) is 0 Å². The Hall–Kier alpha value is -1.92. The van der Waals surface area contributed by atoms with Crippen molar-refractivity contribution in [3.05, 3.63) is 34.2 Å². The Bertz CT molecular complexity index is 857. The van der Waals surface area contributed by atoms with Crippen molar-refractivity contribution in [1.29, 1.82) is 0 Å². The Kier molecular flexibility index (Phi) is 6.88. The Balaban J connectivity index is 2.05. The molecule has 1 aromatic heterocycles. The first-order valence-electron chi connectivity index (χ1n) is 8.82. The molecule has 0 bridgehead atoms. The lowest BCUT2D eigenvalue weighted by Gasteiger charge is -2.36. The van der Waals surface area contributed by atoms with Gasteiger partial charge in [-0.15, -0.1) is 0 Å². The van der Waals surface area contributed by atoms with E-state index in [2.05, 4.69) is 0 Å². The van der Waals surface area contributed by atoms with Crippen LogP contribution in [-0.4, -0.2) is 71.7 Å². The van der Waals surface area contributed by atoms with Crippen LogP contribution in [0.15, 0.2) is 23.1 Å². The molecule has 8 nitrogen and oxygen atoms in total. The highest BCUT2D eigenvalue weighted by atomic mass is 32.2. The normalized spacial score (nSPS) is 16.6. The van der Waals surface area contributed by atoms with Crippen molar-refractivity contribution >= 4 is 16.1 Å². The Morgan fingerprint density at radius 1 is 1.14 bits per heavy atom. The van der Waals surface area contributed by atoms with Gasteiger partial charge in [0.2, 0.25) is 5.91 Å². The molecular formula is C16H23F3N4O4S. The van der Waals surface area contributed by atoms with Crippen molar-refractivity contribution in [2.45, 2.75) is 26.6 Å². The van der Waals surface area contributed by atoms with E-state index in [1.807, 2.05) is 0 Å². The number of aromatic nitrogens is 1. The van der Waals surface area contributed by atoms with E-state index in [0.717, 1.165) is 12.3 Å². The maximum atomic E-state index is 12.8. The van der Waals surface area contributed by atoms with Crippen LogP contribution in [-0.2, 0) is 27.7 Å². The van der Waals surface area contributed by atoms with E-state index in [-0.39, 0.29) is 26.2 Å². The summed E-state index contributed by atoms with van der Waals surface area (Å²) in [7, 11) is -3.61. The summed E-state index contributed by atoms with van der Waals surface area (Å²) in [4.78, 5) is 25.7. The van der Waals surface area contributed by atoms with Gasteiger partial charge in [0.25, 0.3) is 15.8 Å². The molecule has 1 saturated heterocycles. The summed E-state index contributed by atoms with van der Waals surface area (Å²) in [6.07, 6.45) is -3.68. The van der Waals surface area contributed by atoms with Crippen molar-refractivity contribution in [2.24, 2.45) is 0 Å². The van der Waals surface area contributed by atoms with Crippen LogP contribution in [0, 0.1) is 0 Å². The van der Waals surface area contributed by atoms with Crippen LogP contribution < -0.4 is 5.56 Å². The molecule has 1 amide bonds. The lowest BCUT2D eigenvalue weighted by molar-refractivity contribution is -0.139. The third-order valence-electron chi connectivity index (χ3n) is 4.58. The molecule has 0 atom stereocenters. The predicted octanol–water partition coefficient (Wildman–Crippen LogP) is 0.598. The van der Waals surface area contributed by atoms with Crippen LogP contribution >= 0.6 is 0 Å². The number of pyridine rings is 1. The largest absolute Gasteiger partial charge is 0.421 e. The number of halogens is 3. The van der Waals surface area contributed by atoms with Gasteiger partial charge in [0.15, 0.2) is 0 Å². The van der Waals surface area contributed by atoms with E-state index in [9.17, 15) is 31.2 Å². The van der Waals surface area contributed by atoms with Gasteiger partial charge < -0.3 is 9.47 Å².